The van der Waals surface area contributed by atoms with E-state index < -0.39 is 0 Å². The van der Waals surface area contributed by atoms with Crippen LogP contribution in [0, 0.1) is 11.7 Å². The summed E-state index contributed by atoms with van der Waals surface area (Å²) in [6.45, 7) is 2.86. The van der Waals surface area contributed by atoms with Crippen LogP contribution in [0.2, 0.25) is 0 Å². The van der Waals surface area contributed by atoms with Gasteiger partial charge in [-0.15, -0.1) is 12.4 Å². The normalized spacial score (nSPS) is 15.0. The van der Waals surface area contributed by atoms with Gasteiger partial charge in [-0.05, 0) is 111 Å². The van der Waals surface area contributed by atoms with E-state index in [1.807, 2.05) is 24.3 Å². The Bertz CT molecular complexity index is 1130. The molecule has 1 fully saturated rings. The van der Waals surface area contributed by atoms with E-state index in [-0.39, 0.29) is 29.9 Å². The lowest BCUT2D eigenvalue weighted by atomic mass is 9.86. The fraction of sp³-hybridized carbons (Fsp3) is 0.387. The minimum absolute atomic E-state index is 0. The summed E-state index contributed by atoms with van der Waals surface area (Å²) in [6, 6.07) is 22.6. The van der Waals surface area contributed by atoms with Gasteiger partial charge in [-0.1, -0.05) is 30.3 Å². The number of nitrogens with zero attached hydrogens (tertiary/aromatic N) is 1. The van der Waals surface area contributed by atoms with Gasteiger partial charge in [0.2, 0.25) is 0 Å². The first-order chi connectivity index (χ1) is 17.6. The second kappa shape index (κ2) is 14.2. The van der Waals surface area contributed by atoms with Gasteiger partial charge in [0.15, 0.2) is 5.78 Å². The van der Waals surface area contributed by atoms with Crippen molar-refractivity contribution in [2.45, 2.75) is 38.0 Å². The van der Waals surface area contributed by atoms with E-state index in [0.717, 1.165) is 63.2 Å². The average Bonchev–Trinajstić information content (AvgIpc) is 2.93. The molecule has 0 spiro atoms. The lowest BCUT2D eigenvalue weighted by Crippen LogP contribution is -2.37. The molecular formula is C31H37ClFNO3. The van der Waals surface area contributed by atoms with Gasteiger partial charge >= 0.3 is 0 Å². The molecule has 1 unspecified atom stereocenters. The van der Waals surface area contributed by atoms with E-state index in [2.05, 4.69) is 29.2 Å². The first-order valence-electron chi connectivity index (χ1n) is 12.9. The Kier molecular flexibility index (Phi) is 11.0. The third-order valence-corrected chi connectivity index (χ3v) is 7.31. The Hall–Kier alpha value is -2.89. The highest BCUT2D eigenvalue weighted by atomic mass is 35.5. The highest BCUT2D eigenvalue weighted by Crippen LogP contribution is 2.33. The number of ether oxygens (including phenoxy) is 2. The van der Waals surface area contributed by atoms with E-state index in [0.29, 0.717) is 11.5 Å². The Morgan fingerprint density at radius 2 is 1.70 bits per heavy atom. The van der Waals surface area contributed by atoms with E-state index in [4.69, 9.17) is 9.47 Å². The molecule has 3 aromatic carbocycles. The molecule has 1 aliphatic rings. The van der Waals surface area contributed by atoms with Crippen molar-refractivity contribution in [3.05, 3.63) is 95.3 Å². The number of carbonyl (C=O) groups excluding carboxylic acids is 1. The quantitative estimate of drug-likeness (QED) is 0.253. The summed E-state index contributed by atoms with van der Waals surface area (Å²) in [4.78, 5) is 15.3. The largest absolute Gasteiger partial charge is 0.497 e. The number of likely N-dealkylation sites (tertiary alicyclic amines) is 1. The van der Waals surface area contributed by atoms with Crippen LogP contribution in [-0.4, -0.2) is 44.5 Å². The molecular weight excluding hydrogens is 489 g/mol. The first-order valence-corrected chi connectivity index (χ1v) is 12.9. The summed E-state index contributed by atoms with van der Waals surface area (Å²) in [6.07, 6.45) is 4.76. The molecule has 6 heteroatoms. The highest BCUT2D eigenvalue weighted by molar-refractivity contribution is 5.97. The van der Waals surface area contributed by atoms with Gasteiger partial charge in [-0.2, -0.15) is 0 Å². The smallest absolute Gasteiger partial charge is 0.166 e. The van der Waals surface area contributed by atoms with E-state index in [9.17, 15) is 9.18 Å². The first kappa shape index (κ1) is 28.7. The third kappa shape index (κ3) is 7.80. The molecule has 37 heavy (non-hydrogen) atoms. The number of carbonyl (C=O) groups is 1. The Labute approximate surface area is 226 Å². The summed E-state index contributed by atoms with van der Waals surface area (Å²) < 4.78 is 24.3. The van der Waals surface area contributed by atoms with Gasteiger partial charge in [0, 0.05) is 11.5 Å². The van der Waals surface area contributed by atoms with Crippen LogP contribution >= 0.6 is 12.4 Å². The summed E-state index contributed by atoms with van der Waals surface area (Å²) in [7, 11) is 3.44. The standard InChI is InChI=1S/C31H36FNO3.ClH/c1-35-28-9-5-7-23(22-28)21-26(29-10-3-4-11-30(29)36-2)8-6-18-33-19-16-25(17-20-33)31(34)24-12-14-27(32)15-13-24;/h3-5,7,9-15,22,25-26H,6,8,16-21H2,1-2H3;1H. The molecule has 1 heterocycles. The molecule has 3 aromatic rings. The molecule has 1 saturated heterocycles. The van der Waals surface area contributed by atoms with E-state index >= 15 is 0 Å². The maximum atomic E-state index is 13.2. The molecule has 0 saturated carbocycles. The number of piperidine rings is 1. The number of methoxy groups -OCH3 is 2. The molecule has 1 atom stereocenters. The lowest BCUT2D eigenvalue weighted by molar-refractivity contribution is 0.0838. The van der Waals surface area contributed by atoms with E-state index in [1.54, 1.807) is 26.4 Å². The second-order valence-electron chi connectivity index (χ2n) is 9.62. The highest BCUT2D eigenvalue weighted by Gasteiger charge is 2.26. The van der Waals surface area contributed by atoms with Gasteiger partial charge in [-0.25, -0.2) is 4.39 Å². The van der Waals surface area contributed by atoms with Crippen LogP contribution < -0.4 is 9.47 Å². The molecule has 0 amide bonds. The minimum Gasteiger partial charge on any atom is -0.497 e. The summed E-state index contributed by atoms with van der Waals surface area (Å²) >= 11 is 0. The summed E-state index contributed by atoms with van der Waals surface area (Å²) in [5.74, 6) is 2.02. The Morgan fingerprint density at radius 3 is 2.41 bits per heavy atom. The number of rotatable bonds is 11. The molecule has 0 radical (unpaired) electrons. The maximum absolute atomic E-state index is 13.2. The zero-order chi connectivity index (χ0) is 25.3. The molecule has 0 N–H and O–H groups in total. The van der Waals surface area contributed by atoms with Crippen LogP contribution in [0.15, 0.2) is 72.8 Å². The van der Waals surface area contributed by atoms with Crippen LogP contribution in [0.25, 0.3) is 0 Å². The van der Waals surface area contributed by atoms with Crippen LogP contribution in [0.3, 0.4) is 0 Å². The maximum Gasteiger partial charge on any atom is 0.166 e. The van der Waals surface area contributed by atoms with Gasteiger partial charge in [0.1, 0.15) is 17.3 Å². The number of Topliss-reactive ketones (excluding diaryl/α,β-unsaturated/α-hetero) is 1. The van der Waals surface area contributed by atoms with Crippen molar-refractivity contribution in [3.63, 3.8) is 0 Å². The van der Waals surface area contributed by atoms with E-state index in [1.165, 1.54) is 23.3 Å². The summed E-state index contributed by atoms with van der Waals surface area (Å²) in [5, 5.41) is 0. The molecule has 4 rings (SSSR count). The fourth-order valence-corrected chi connectivity index (χ4v) is 5.29. The predicted molar refractivity (Wildman–Crippen MR) is 149 cm³/mol. The number of ketones is 1. The van der Waals surface area contributed by atoms with Crippen molar-refractivity contribution in [1.29, 1.82) is 0 Å². The van der Waals surface area contributed by atoms with Gasteiger partial charge < -0.3 is 14.4 Å². The average molecular weight is 526 g/mol. The molecule has 0 bridgehead atoms. The third-order valence-electron chi connectivity index (χ3n) is 7.31. The van der Waals surface area contributed by atoms with Crippen molar-refractivity contribution in [2.75, 3.05) is 33.9 Å². The monoisotopic (exact) mass is 525 g/mol. The number of para-hydroxylation sites is 1. The van der Waals surface area contributed by atoms with Crippen LogP contribution in [0.4, 0.5) is 4.39 Å². The van der Waals surface area contributed by atoms with Gasteiger partial charge in [0.05, 0.1) is 14.2 Å². The molecule has 4 nitrogen and oxygen atoms in total. The number of hydrogen-bond donors (Lipinski definition) is 0. The number of benzene rings is 3. The van der Waals surface area contributed by atoms with Crippen LogP contribution in [-0.2, 0) is 6.42 Å². The number of hydrogen-bond acceptors (Lipinski definition) is 4. The van der Waals surface area contributed by atoms with Gasteiger partial charge in [-0.3, -0.25) is 4.79 Å². The molecule has 0 aromatic heterocycles. The summed E-state index contributed by atoms with van der Waals surface area (Å²) in [5.41, 5.74) is 3.11. The predicted octanol–water partition coefficient (Wildman–Crippen LogP) is 6.97. The fourth-order valence-electron chi connectivity index (χ4n) is 5.29. The van der Waals surface area contributed by atoms with Crippen molar-refractivity contribution < 1.29 is 18.7 Å². The van der Waals surface area contributed by atoms with Crippen LogP contribution in [0.1, 0.15) is 53.1 Å². The second-order valence-corrected chi connectivity index (χ2v) is 9.62. The van der Waals surface area contributed by atoms with Crippen molar-refractivity contribution in [3.8, 4) is 11.5 Å². The Morgan fingerprint density at radius 1 is 0.973 bits per heavy atom. The minimum atomic E-state index is -0.306. The van der Waals surface area contributed by atoms with Crippen molar-refractivity contribution >= 4 is 18.2 Å². The SMILES string of the molecule is COc1cccc(CC(CCCN2CCC(C(=O)c3ccc(F)cc3)CC2)c2ccccc2OC)c1.Cl. The Balaban J connectivity index is 0.00000380. The molecule has 1 aliphatic heterocycles. The zero-order valence-corrected chi connectivity index (χ0v) is 22.5. The van der Waals surface area contributed by atoms with Crippen molar-refractivity contribution in [1.82, 2.24) is 4.90 Å². The lowest BCUT2D eigenvalue weighted by Gasteiger charge is -2.31. The number of halogens is 2. The van der Waals surface area contributed by atoms with Gasteiger partial charge in [0.25, 0.3) is 0 Å². The van der Waals surface area contributed by atoms with Crippen LogP contribution in [0.5, 0.6) is 11.5 Å². The molecule has 198 valence electrons. The molecule has 0 aliphatic carbocycles. The van der Waals surface area contributed by atoms with Crippen molar-refractivity contribution in [2.24, 2.45) is 5.92 Å². The zero-order valence-electron chi connectivity index (χ0n) is 21.7. The topological polar surface area (TPSA) is 38.8 Å².